The van der Waals surface area contributed by atoms with E-state index in [0.29, 0.717) is 13.2 Å². The van der Waals surface area contributed by atoms with E-state index in [1.807, 2.05) is 0 Å². The predicted octanol–water partition coefficient (Wildman–Crippen LogP) is 2.49. The smallest absolute Gasteiger partial charge is 0.359 e. The van der Waals surface area contributed by atoms with E-state index >= 15 is 0 Å². The van der Waals surface area contributed by atoms with Crippen molar-refractivity contribution in [1.82, 2.24) is 10.3 Å². The van der Waals surface area contributed by atoms with E-state index < -0.39 is 18.5 Å². The Morgan fingerprint density at radius 2 is 2.14 bits per heavy atom. The van der Waals surface area contributed by atoms with Crippen LogP contribution in [0.5, 0.6) is 0 Å². The standard InChI is InChI=1S/C13H13Cl3N2O4/c14-8-5-18-12(11(16)10(8)15)13(20)22-6-9(19)17-4-7-2-1-3-21-7/h5,7H,1-4,6H2,(H,17,19)/t7-/m0/s1. The van der Waals surface area contributed by atoms with Gasteiger partial charge in [-0.2, -0.15) is 0 Å². The highest BCUT2D eigenvalue weighted by Gasteiger charge is 2.20. The quantitative estimate of drug-likeness (QED) is 0.809. The Hall–Kier alpha value is -1.08. The van der Waals surface area contributed by atoms with Crippen LogP contribution < -0.4 is 5.32 Å². The molecule has 0 saturated carbocycles. The van der Waals surface area contributed by atoms with Crippen LogP contribution in [0.15, 0.2) is 6.20 Å². The molecule has 1 fully saturated rings. The highest BCUT2D eigenvalue weighted by Crippen LogP contribution is 2.31. The molecule has 1 atom stereocenters. The van der Waals surface area contributed by atoms with Gasteiger partial charge in [-0.25, -0.2) is 9.78 Å². The van der Waals surface area contributed by atoms with Crippen LogP contribution in [0.3, 0.4) is 0 Å². The maximum atomic E-state index is 11.8. The molecule has 120 valence electrons. The van der Waals surface area contributed by atoms with Crippen LogP contribution in [0.25, 0.3) is 0 Å². The van der Waals surface area contributed by atoms with Crippen molar-refractivity contribution >= 4 is 46.7 Å². The second-order valence-electron chi connectivity index (χ2n) is 4.60. The molecule has 9 heteroatoms. The Balaban J connectivity index is 1.82. The highest BCUT2D eigenvalue weighted by molar-refractivity contribution is 6.48. The van der Waals surface area contributed by atoms with Crippen molar-refractivity contribution < 1.29 is 19.1 Å². The number of nitrogens with one attached hydrogen (secondary N) is 1. The Kier molecular flexibility index (Phi) is 6.26. The van der Waals surface area contributed by atoms with E-state index in [-0.39, 0.29) is 26.9 Å². The maximum absolute atomic E-state index is 11.8. The number of ether oxygens (including phenoxy) is 2. The molecule has 0 radical (unpaired) electrons. The molecule has 1 aromatic heterocycles. The number of rotatable bonds is 5. The van der Waals surface area contributed by atoms with Crippen LogP contribution >= 0.6 is 34.8 Å². The maximum Gasteiger partial charge on any atom is 0.359 e. The first-order valence-electron chi connectivity index (χ1n) is 6.54. The summed E-state index contributed by atoms with van der Waals surface area (Å²) in [4.78, 5) is 27.2. The molecule has 0 aromatic carbocycles. The number of hydrogen-bond acceptors (Lipinski definition) is 5. The Labute approximate surface area is 142 Å². The lowest BCUT2D eigenvalue weighted by Gasteiger charge is -2.11. The Bertz CT molecular complexity index is 577. The molecule has 22 heavy (non-hydrogen) atoms. The van der Waals surface area contributed by atoms with Gasteiger partial charge in [0.05, 0.1) is 21.2 Å². The lowest BCUT2D eigenvalue weighted by Crippen LogP contribution is -2.34. The molecule has 2 heterocycles. The number of carbonyl (C=O) groups is 2. The summed E-state index contributed by atoms with van der Waals surface area (Å²) in [5.41, 5.74) is -0.192. The van der Waals surface area contributed by atoms with Gasteiger partial charge in [-0.15, -0.1) is 0 Å². The van der Waals surface area contributed by atoms with Gasteiger partial charge >= 0.3 is 5.97 Å². The van der Waals surface area contributed by atoms with E-state index in [1.165, 1.54) is 6.20 Å². The van der Waals surface area contributed by atoms with E-state index in [4.69, 9.17) is 44.3 Å². The fraction of sp³-hybridized carbons (Fsp3) is 0.462. The number of pyridine rings is 1. The average molecular weight is 368 g/mol. The van der Waals surface area contributed by atoms with Gasteiger partial charge in [0.1, 0.15) is 0 Å². The van der Waals surface area contributed by atoms with Crippen LogP contribution in [0.2, 0.25) is 15.1 Å². The van der Waals surface area contributed by atoms with Crippen LogP contribution in [0.4, 0.5) is 0 Å². The third-order valence-corrected chi connectivity index (χ3v) is 4.24. The first-order chi connectivity index (χ1) is 10.5. The fourth-order valence-electron chi connectivity index (χ4n) is 1.87. The second-order valence-corrected chi connectivity index (χ2v) is 5.76. The fourth-order valence-corrected chi connectivity index (χ4v) is 2.43. The molecular weight excluding hydrogens is 355 g/mol. The minimum Gasteiger partial charge on any atom is -0.451 e. The minimum atomic E-state index is -0.851. The summed E-state index contributed by atoms with van der Waals surface area (Å²) in [7, 11) is 0. The first kappa shape index (κ1) is 17.3. The second kappa shape index (κ2) is 7.97. The number of esters is 1. The van der Waals surface area contributed by atoms with E-state index in [2.05, 4.69) is 10.3 Å². The number of hydrogen-bond donors (Lipinski definition) is 1. The Morgan fingerprint density at radius 3 is 2.82 bits per heavy atom. The van der Waals surface area contributed by atoms with Crippen molar-refractivity contribution in [3.8, 4) is 0 Å². The zero-order valence-corrected chi connectivity index (χ0v) is 13.7. The molecule has 0 bridgehead atoms. The van der Waals surface area contributed by atoms with E-state index in [9.17, 15) is 9.59 Å². The number of nitrogens with zero attached hydrogens (tertiary/aromatic N) is 1. The number of amides is 1. The summed E-state index contributed by atoms with van der Waals surface area (Å²) in [5, 5.41) is 2.64. The number of aromatic nitrogens is 1. The van der Waals surface area contributed by atoms with Crippen molar-refractivity contribution in [2.75, 3.05) is 19.8 Å². The van der Waals surface area contributed by atoms with E-state index in [1.54, 1.807) is 0 Å². The monoisotopic (exact) mass is 366 g/mol. The van der Waals surface area contributed by atoms with Gasteiger partial charge in [0.25, 0.3) is 5.91 Å². The van der Waals surface area contributed by atoms with Gasteiger partial charge in [-0.05, 0) is 12.8 Å². The number of halogens is 3. The van der Waals surface area contributed by atoms with Crippen molar-refractivity contribution in [2.45, 2.75) is 18.9 Å². The summed E-state index contributed by atoms with van der Waals surface area (Å²) < 4.78 is 10.2. The van der Waals surface area contributed by atoms with Crippen molar-refractivity contribution in [1.29, 1.82) is 0 Å². The molecule has 0 spiro atoms. The van der Waals surface area contributed by atoms with Gasteiger partial charge in [0, 0.05) is 19.3 Å². The molecular formula is C13H13Cl3N2O4. The van der Waals surface area contributed by atoms with Gasteiger partial charge in [0.2, 0.25) is 0 Å². The van der Waals surface area contributed by atoms with Crippen LogP contribution in [-0.2, 0) is 14.3 Å². The number of carbonyl (C=O) groups excluding carboxylic acids is 2. The third kappa shape index (κ3) is 4.46. The van der Waals surface area contributed by atoms with Crippen molar-refractivity contribution in [3.63, 3.8) is 0 Å². The van der Waals surface area contributed by atoms with Crippen molar-refractivity contribution in [3.05, 3.63) is 27.0 Å². The summed E-state index contributed by atoms with van der Waals surface area (Å²) in [6.45, 7) is 0.656. The molecule has 2 rings (SSSR count). The third-order valence-electron chi connectivity index (χ3n) is 3.00. The molecule has 1 aliphatic heterocycles. The van der Waals surface area contributed by atoms with Gasteiger partial charge < -0.3 is 14.8 Å². The molecule has 0 unspecified atom stereocenters. The molecule has 0 aliphatic carbocycles. The summed E-state index contributed by atoms with van der Waals surface area (Å²) in [6, 6.07) is 0. The average Bonchev–Trinajstić information content (AvgIpc) is 3.02. The summed E-state index contributed by atoms with van der Waals surface area (Å²) in [6.07, 6.45) is 3.09. The van der Waals surface area contributed by atoms with Gasteiger partial charge in [-0.1, -0.05) is 34.8 Å². The summed E-state index contributed by atoms with van der Waals surface area (Å²) >= 11 is 17.4. The zero-order chi connectivity index (χ0) is 16.1. The van der Waals surface area contributed by atoms with Gasteiger partial charge in [0.15, 0.2) is 12.3 Å². The predicted molar refractivity (Wildman–Crippen MR) is 81.5 cm³/mol. The largest absolute Gasteiger partial charge is 0.451 e. The van der Waals surface area contributed by atoms with Crippen LogP contribution in [0, 0.1) is 0 Å². The van der Waals surface area contributed by atoms with Crippen LogP contribution in [0.1, 0.15) is 23.3 Å². The minimum absolute atomic E-state index is 0.00752. The lowest BCUT2D eigenvalue weighted by molar-refractivity contribution is -0.124. The van der Waals surface area contributed by atoms with Crippen LogP contribution in [-0.4, -0.2) is 42.7 Å². The van der Waals surface area contributed by atoms with Gasteiger partial charge in [-0.3, -0.25) is 4.79 Å². The molecule has 1 saturated heterocycles. The highest BCUT2D eigenvalue weighted by atomic mass is 35.5. The van der Waals surface area contributed by atoms with Crippen molar-refractivity contribution in [2.24, 2.45) is 0 Å². The zero-order valence-electron chi connectivity index (χ0n) is 11.4. The molecule has 1 aliphatic rings. The molecule has 1 amide bonds. The summed E-state index contributed by atoms with van der Waals surface area (Å²) in [5.74, 6) is -1.28. The Morgan fingerprint density at radius 1 is 1.36 bits per heavy atom. The topological polar surface area (TPSA) is 77.5 Å². The molecule has 6 nitrogen and oxygen atoms in total. The normalized spacial score (nSPS) is 17.3. The van der Waals surface area contributed by atoms with E-state index in [0.717, 1.165) is 12.8 Å². The SMILES string of the molecule is O=C(COC(=O)c1ncc(Cl)c(Cl)c1Cl)NC[C@@H]1CCCO1. The molecule has 1 N–H and O–H groups in total. The molecule has 1 aromatic rings. The lowest BCUT2D eigenvalue weighted by atomic mass is 10.2. The first-order valence-corrected chi connectivity index (χ1v) is 7.67.